The van der Waals surface area contributed by atoms with Crippen molar-refractivity contribution in [2.75, 3.05) is 13.1 Å². The number of aromatic nitrogens is 1. The Balaban J connectivity index is 1.99. The zero-order valence-corrected chi connectivity index (χ0v) is 16.4. The number of hydrogen-bond donors (Lipinski definition) is 2. The van der Waals surface area contributed by atoms with Crippen molar-refractivity contribution in [2.45, 2.75) is 25.2 Å². The number of alkyl halides is 3. The van der Waals surface area contributed by atoms with Crippen LogP contribution in [0, 0.1) is 5.82 Å². The summed E-state index contributed by atoms with van der Waals surface area (Å²) in [5.41, 5.74) is -1.02. The molecule has 2 heterocycles. The van der Waals surface area contributed by atoms with Crippen LogP contribution < -0.4 is 10.6 Å². The van der Waals surface area contributed by atoms with Crippen LogP contribution in [0.25, 0.3) is 0 Å². The number of carbonyl (C=O) groups is 2. The minimum atomic E-state index is -4.69. The van der Waals surface area contributed by atoms with Crippen LogP contribution in [0.1, 0.15) is 29.9 Å². The fraction of sp³-hybridized carbons (Fsp3) is 0.316. The third-order valence-electron chi connectivity index (χ3n) is 4.66. The molecule has 0 saturated carbocycles. The number of carbonyl (C=O) groups excluding carboxylic acids is 2. The van der Waals surface area contributed by atoms with Crippen molar-refractivity contribution in [3.8, 4) is 0 Å². The quantitative estimate of drug-likeness (QED) is 0.711. The SMILES string of the molecule is C[C@H]1C(=O)NCCN1C(=O)N[C@H](c1ccc(F)c(Cl)c1)c1cccc(C(F)(F)F)n1. The van der Waals surface area contributed by atoms with Gasteiger partial charge in [0, 0.05) is 13.1 Å². The van der Waals surface area contributed by atoms with Gasteiger partial charge < -0.3 is 15.5 Å². The van der Waals surface area contributed by atoms with Gasteiger partial charge in [-0.15, -0.1) is 0 Å². The van der Waals surface area contributed by atoms with E-state index in [1.165, 1.54) is 30.0 Å². The van der Waals surface area contributed by atoms with Gasteiger partial charge in [-0.1, -0.05) is 23.7 Å². The first kappa shape index (κ1) is 21.8. The number of halogens is 5. The highest BCUT2D eigenvalue weighted by Gasteiger charge is 2.34. The minimum Gasteiger partial charge on any atom is -0.353 e. The van der Waals surface area contributed by atoms with E-state index in [2.05, 4.69) is 15.6 Å². The summed E-state index contributed by atoms with van der Waals surface area (Å²) >= 11 is 5.83. The van der Waals surface area contributed by atoms with Crippen LogP contribution in [0.4, 0.5) is 22.4 Å². The molecule has 0 bridgehead atoms. The van der Waals surface area contributed by atoms with Gasteiger partial charge in [0.1, 0.15) is 17.6 Å². The molecule has 11 heteroatoms. The zero-order valence-electron chi connectivity index (χ0n) is 15.6. The van der Waals surface area contributed by atoms with Crippen molar-refractivity contribution in [3.63, 3.8) is 0 Å². The van der Waals surface area contributed by atoms with E-state index >= 15 is 0 Å². The zero-order chi connectivity index (χ0) is 22.1. The first-order valence-corrected chi connectivity index (χ1v) is 9.29. The normalized spacial score (nSPS) is 18.0. The Morgan fingerprint density at radius 3 is 2.73 bits per heavy atom. The second-order valence-corrected chi connectivity index (χ2v) is 7.07. The Morgan fingerprint density at radius 1 is 1.33 bits per heavy atom. The monoisotopic (exact) mass is 444 g/mol. The van der Waals surface area contributed by atoms with Crippen LogP contribution in [0.5, 0.6) is 0 Å². The second kappa shape index (κ2) is 8.47. The van der Waals surface area contributed by atoms with Crippen LogP contribution >= 0.6 is 11.6 Å². The summed E-state index contributed by atoms with van der Waals surface area (Å²) in [6.45, 7) is 1.98. The molecule has 160 valence electrons. The van der Waals surface area contributed by atoms with Crippen molar-refractivity contribution < 1.29 is 27.2 Å². The van der Waals surface area contributed by atoms with Gasteiger partial charge in [0.05, 0.1) is 16.8 Å². The van der Waals surface area contributed by atoms with Gasteiger partial charge >= 0.3 is 12.2 Å². The lowest BCUT2D eigenvalue weighted by molar-refractivity contribution is -0.141. The number of amides is 3. The average Bonchev–Trinajstić information content (AvgIpc) is 2.69. The summed E-state index contributed by atoms with van der Waals surface area (Å²) in [5, 5.41) is 4.95. The van der Waals surface area contributed by atoms with E-state index in [4.69, 9.17) is 11.6 Å². The van der Waals surface area contributed by atoms with Crippen LogP contribution in [0.3, 0.4) is 0 Å². The third-order valence-corrected chi connectivity index (χ3v) is 4.95. The van der Waals surface area contributed by atoms with Crippen molar-refractivity contribution in [1.82, 2.24) is 20.5 Å². The smallest absolute Gasteiger partial charge is 0.353 e. The third kappa shape index (κ3) is 4.64. The number of urea groups is 1. The molecule has 30 heavy (non-hydrogen) atoms. The standard InChI is InChI=1S/C19H17ClF4N4O2/c1-10-17(29)25-7-8-28(10)18(30)27-16(11-5-6-13(21)12(20)9-11)14-3-2-4-15(26-14)19(22,23)24/h2-6,9-10,16H,7-8H2,1H3,(H,25,29)(H,27,30)/t10-,16+/m0/s1. The van der Waals surface area contributed by atoms with Gasteiger partial charge in [0.15, 0.2) is 0 Å². The summed E-state index contributed by atoms with van der Waals surface area (Å²) in [5.74, 6) is -1.07. The van der Waals surface area contributed by atoms with E-state index in [0.29, 0.717) is 0 Å². The lowest BCUT2D eigenvalue weighted by Gasteiger charge is -2.34. The molecular formula is C19H17ClF4N4O2. The number of nitrogens with one attached hydrogen (secondary N) is 2. The van der Waals surface area contributed by atoms with Crippen molar-refractivity contribution in [3.05, 3.63) is 64.2 Å². The largest absolute Gasteiger partial charge is 0.433 e. The van der Waals surface area contributed by atoms with Crippen molar-refractivity contribution in [1.29, 1.82) is 0 Å². The molecule has 6 nitrogen and oxygen atoms in total. The Morgan fingerprint density at radius 2 is 2.07 bits per heavy atom. The molecule has 2 atom stereocenters. The molecule has 1 aromatic carbocycles. The van der Waals surface area contributed by atoms with Gasteiger partial charge in [-0.25, -0.2) is 14.2 Å². The number of benzene rings is 1. The van der Waals surface area contributed by atoms with Gasteiger partial charge in [-0.2, -0.15) is 13.2 Å². The molecule has 1 saturated heterocycles. The fourth-order valence-corrected chi connectivity index (χ4v) is 3.25. The molecule has 1 aromatic heterocycles. The summed E-state index contributed by atoms with van der Waals surface area (Å²) in [7, 11) is 0. The molecule has 0 spiro atoms. The number of pyridine rings is 1. The van der Waals surface area contributed by atoms with Crippen LogP contribution in [0.2, 0.25) is 5.02 Å². The lowest BCUT2D eigenvalue weighted by atomic mass is 10.0. The number of piperazine rings is 1. The Hall–Kier alpha value is -2.88. The highest BCUT2D eigenvalue weighted by molar-refractivity contribution is 6.30. The van der Waals surface area contributed by atoms with E-state index in [1.807, 2.05) is 0 Å². The number of hydrogen-bond acceptors (Lipinski definition) is 3. The van der Waals surface area contributed by atoms with Gasteiger partial charge in [0.25, 0.3) is 0 Å². The Labute approximate surface area is 174 Å². The highest BCUT2D eigenvalue weighted by Crippen LogP contribution is 2.30. The minimum absolute atomic E-state index is 0.116. The predicted molar refractivity (Wildman–Crippen MR) is 100 cm³/mol. The molecule has 2 N–H and O–H groups in total. The first-order chi connectivity index (χ1) is 14.1. The molecular weight excluding hydrogens is 428 g/mol. The summed E-state index contributed by atoms with van der Waals surface area (Å²) in [6, 6.07) is 4.20. The van der Waals surface area contributed by atoms with Crippen molar-refractivity contribution in [2.24, 2.45) is 0 Å². The van der Waals surface area contributed by atoms with Crippen LogP contribution in [-0.2, 0) is 11.0 Å². The van der Waals surface area contributed by atoms with E-state index in [0.717, 1.165) is 18.2 Å². The molecule has 0 unspecified atom stereocenters. The topological polar surface area (TPSA) is 74.3 Å². The van der Waals surface area contributed by atoms with E-state index in [1.54, 1.807) is 0 Å². The molecule has 3 amide bonds. The Bertz CT molecular complexity index is 970. The van der Waals surface area contributed by atoms with Crippen LogP contribution in [-0.4, -0.2) is 41.0 Å². The van der Waals surface area contributed by atoms with E-state index < -0.39 is 35.8 Å². The highest BCUT2D eigenvalue weighted by atomic mass is 35.5. The summed E-state index contributed by atoms with van der Waals surface area (Å²) in [6.07, 6.45) is -4.69. The number of rotatable bonds is 3. The maximum atomic E-state index is 13.6. The molecule has 0 aliphatic carbocycles. The van der Waals surface area contributed by atoms with Gasteiger partial charge in [-0.05, 0) is 36.8 Å². The molecule has 0 radical (unpaired) electrons. The first-order valence-electron chi connectivity index (χ1n) is 8.92. The fourth-order valence-electron chi connectivity index (χ4n) is 3.06. The van der Waals surface area contributed by atoms with Gasteiger partial charge in [0.2, 0.25) is 5.91 Å². The molecule has 1 fully saturated rings. The second-order valence-electron chi connectivity index (χ2n) is 6.66. The predicted octanol–water partition coefficient (Wildman–Crippen LogP) is 3.51. The maximum Gasteiger partial charge on any atom is 0.433 e. The molecule has 1 aliphatic heterocycles. The summed E-state index contributed by atoms with van der Waals surface area (Å²) in [4.78, 5) is 29.6. The molecule has 3 rings (SSSR count). The number of nitrogens with zero attached hydrogens (tertiary/aromatic N) is 2. The lowest BCUT2D eigenvalue weighted by Crippen LogP contribution is -2.58. The summed E-state index contributed by atoms with van der Waals surface area (Å²) < 4.78 is 53.0. The molecule has 2 aromatic rings. The van der Waals surface area contributed by atoms with Gasteiger partial charge in [-0.3, -0.25) is 4.79 Å². The average molecular weight is 445 g/mol. The van der Waals surface area contributed by atoms with E-state index in [9.17, 15) is 27.2 Å². The molecule has 1 aliphatic rings. The van der Waals surface area contributed by atoms with E-state index in [-0.39, 0.29) is 35.3 Å². The maximum absolute atomic E-state index is 13.6. The Kier molecular flexibility index (Phi) is 6.16. The van der Waals surface area contributed by atoms with Crippen LogP contribution in [0.15, 0.2) is 36.4 Å². The van der Waals surface area contributed by atoms with Crippen molar-refractivity contribution >= 4 is 23.5 Å².